The van der Waals surface area contributed by atoms with Gasteiger partial charge in [0.05, 0.1) is 5.69 Å². The minimum Gasteiger partial charge on any atom is -0.370 e. The van der Waals surface area contributed by atoms with Crippen LogP contribution in [0, 0.1) is 11.6 Å². The van der Waals surface area contributed by atoms with Crippen molar-refractivity contribution in [2.75, 3.05) is 23.8 Å². The molecule has 0 aliphatic heterocycles. The van der Waals surface area contributed by atoms with Gasteiger partial charge in [-0.3, -0.25) is 0 Å². The summed E-state index contributed by atoms with van der Waals surface area (Å²) in [6, 6.07) is 10.5. The lowest BCUT2D eigenvalue weighted by molar-refractivity contribution is 0.252. The summed E-state index contributed by atoms with van der Waals surface area (Å²) in [6.45, 7) is 4.34. The summed E-state index contributed by atoms with van der Waals surface area (Å²) in [5.74, 6) is -0.677. The highest BCUT2D eigenvalue weighted by atomic mass is 19.1. The summed E-state index contributed by atoms with van der Waals surface area (Å²) >= 11 is 0. The van der Waals surface area contributed by atoms with Crippen molar-refractivity contribution in [1.29, 1.82) is 0 Å². The Morgan fingerprint density at radius 3 is 2.40 bits per heavy atom. The van der Waals surface area contributed by atoms with E-state index in [-0.39, 0.29) is 17.7 Å². The van der Waals surface area contributed by atoms with E-state index < -0.39 is 6.03 Å². The largest absolute Gasteiger partial charge is 0.370 e. The third kappa shape index (κ3) is 5.45. The lowest BCUT2D eigenvalue weighted by Crippen LogP contribution is -2.30. The number of carbonyl (C=O) groups excluding carboxylic acids is 1. The van der Waals surface area contributed by atoms with Gasteiger partial charge in [-0.15, -0.1) is 0 Å². The van der Waals surface area contributed by atoms with Crippen molar-refractivity contribution in [2.24, 2.45) is 0 Å². The van der Waals surface area contributed by atoms with E-state index >= 15 is 0 Å². The van der Waals surface area contributed by atoms with E-state index in [9.17, 15) is 13.6 Å². The summed E-state index contributed by atoms with van der Waals surface area (Å²) < 4.78 is 27.0. The van der Waals surface area contributed by atoms with Gasteiger partial charge in [-0.2, -0.15) is 0 Å². The van der Waals surface area contributed by atoms with Crippen LogP contribution in [0.5, 0.6) is 0 Å². The zero-order chi connectivity index (χ0) is 18.4. The Morgan fingerprint density at radius 2 is 1.80 bits per heavy atom. The molecule has 0 unspecified atom stereocenters. The van der Waals surface area contributed by atoms with Gasteiger partial charge in [-0.1, -0.05) is 12.1 Å². The quantitative estimate of drug-likeness (QED) is 0.824. The van der Waals surface area contributed by atoms with Crippen LogP contribution in [0.4, 0.5) is 25.0 Å². The van der Waals surface area contributed by atoms with Crippen molar-refractivity contribution >= 4 is 17.4 Å². The monoisotopic (exact) mass is 347 g/mol. The SMILES string of the molecule is CC(C)N(C)c1ccc(NC(=O)NCCc2ccc(F)cc2)cc1F. The first-order chi connectivity index (χ1) is 11.9. The van der Waals surface area contributed by atoms with Gasteiger partial charge in [0.1, 0.15) is 11.6 Å². The first-order valence-corrected chi connectivity index (χ1v) is 8.18. The fourth-order valence-corrected chi connectivity index (χ4v) is 2.30. The Morgan fingerprint density at radius 1 is 1.12 bits per heavy atom. The maximum Gasteiger partial charge on any atom is 0.319 e. The molecule has 134 valence electrons. The number of carbonyl (C=O) groups is 1. The molecule has 0 spiro atoms. The van der Waals surface area contributed by atoms with Gasteiger partial charge in [0.15, 0.2) is 0 Å². The first-order valence-electron chi connectivity index (χ1n) is 8.18. The number of rotatable bonds is 6. The van der Waals surface area contributed by atoms with E-state index in [0.717, 1.165) is 5.56 Å². The van der Waals surface area contributed by atoms with Crippen LogP contribution < -0.4 is 15.5 Å². The normalized spacial score (nSPS) is 10.6. The van der Waals surface area contributed by atoms with Crippen molar-refractivity contribution in [3.63, 3.8) is 0 Å². The number of urea groups is 1. The highest BCUT2D eigenvalue weighted by Gasteiger charge is 2.12. The van der Waals surface area contributed by atoms with E-state index in [0.29, 0.717) is 24.3 Å². The average molecular weight is 347 g/mol. The van der Waals surface area contributed by atoms with Gasteiger partial charge in [-0.25, -0.2) is 13.6 Å². The molecule has 25 heavy (non-hydrogen) atoms. The second kappa shape index (κ2) is 8.46. The molecule has 0 saturated carbocycles. The van der Waals surface area contributed by atoms with Crippen LogP contribution in [-0.4, -0.2) is 25.7 Å². The van der Waals surface area contributed by atoms with Crippen molar-refractivity contribution in [2.45, 2.75) is 26.3 Å². The summed E-state index contributed by atoms with van der Waals surface area (Å²) in [4.78, 5) is 13.7. The molecule has 2 aromatic carbocycles. The Hall–Kier alpha value is -2.63. The fraction of sp³-hybridized carbons (Fsp3) is 0.316. The number of halogens is 2. The molecule has 0 bridgehead atoms. The number of hydrogen-bond donors (Lipinski definition) is 2. The highest BCUT2D eigenvalue weighted by molar-refractivity contribution is 5.89. The smallest absolute Gasteiger partial charge is 0.319 e. The molecule has 0 fully saturated rings. The van der Waals surface area contributed by atoms with Crippen LogP contribution in [0.2, 0.25) is 0 Å². The predicted octanol–water partition coefficient (Wildman–Crippen LogP) is 4.17. The highest BCUT2D eigenvalue weighted by Crippen LogP contribution is 2.23. The minimum atomic E-state index is -0.411. The van der Waals surface area contributed by atoms with Gasteiger partial charge in [0.25, 0.3) is 0 Å². The second-order valence-corrected chi connectivity index (χ2v) is 6.13. The van der Waals surface area contributed by atoms with Crippen LogP contribution >= 0.6 is 0 Å². The molecule has 4 nitrogen and oxygen atoms in total. The maximum absolute atomic E-state index is 14.2. The summed E-state index contributed by atoms with van der Waals surface area (Å²) in [5.41, 5.74) is 1.80. The summed E-state index contributed by atoms with van der Waals surface area (Å²) in [5, 5.41) is 5.30. The summed E-state index contributed by atoms with van der Waals surface area (Å²) in [6.07, 6.45) is 0.584. The molecule has 6 heteroatoms. The topological polar surface area (TPSA) is 44.4 Å². The Labute approximate surface area is 146 Å². The molecule has 0 aliphatic carbocycles. The summed E-state index contributed by atoms with van der Waals surface area (Å²) in [7, 11) is 1.82. The molecule has 2 rings (SSSR count). The van der Waals surface area contributed by atoms with Crippen LogP contribution in [0.3, 0.4) is 0 Å². The molecule has 2 amide bonds. The Kier molecular flexibility index (Phi) is 6.33. The molecule has 0 aliphatic rings. The molecule has 0 saturated heterocycles. The van der Waals surface area contributed by atoms with Crippen LogP contribution in [-0.2, 0) is 6.42 Å². The zero-order valence-corrected chi connectivity index (χ0v) is 14.6. The van der Waals surface area contributed by atoms with E-state index in [2.05, 4.69) is 10.6 Å². The third-order valence-corrected chi connectivity index (χ3v) is 3.97. The number of hydrogen-bond acceptors (Lipinski definition) is 2. The molecule has 0 heterocycles. The number of anilines is 2. The Balaban J connectivity index is 1.85. The van der Waals surface area contributed by atoms with E-state index in [1.165, 1.54) is 18.2 Å². The van der Waals surface area contributed by atoms with Gasteiger partial charge >= 0.3 is 6.03 Å². The number of amides is 2. The molecule has 2 N–H and O–H groups in total. The van der Waals surface area contributed by atoms with Crippen molar-refractivity contribution in [3.05, 3.63) is 59.7 Å². The molecule has 2 aromatic rings. The first kappa shape index (κ1) is 18.7. The van der Waals surface area contributed by atoms with E-state index in [4.69, 9.17) is 0 Å². The van der Waals surface area contributed by atoms with Gasteiger partial charge in [0.2, 0.25) is 0 Å². The van der Waals surface area contributed by atoms with Crippen LogP contribution in [0.25, 0.3) is 0 Å². The molecule has 0 aromatic heterocycles. The van der Waals surface area contributed by atoms with Crippen molar-refractivity contribution in [1.82, 2.24) is 5.32 Å². The minimum absolute atomic E-state index is 0.170. The fourth-order valence-electron chi connectivity index (χ4n) is 2.30. The zero-order valence-electron chi connectivity index (χ0n) is 14.6. The van der Waals surface area contributed by atoms with E-state index in [1.54, 1.807) is 24.3 Å². The number of nitrogens with zero attached hydrogens (tertiary/aromatic N) is 1. The second-order valence-electron chi connectivity index (χ2n) is 6.13. The third-order valence-electron chi connectivity index (χ3n) is 3.97. The molecule has 0 radical (unpaired) electrons. The average Bonchev–Trinajstić information content (AvgIpc) is 2.56. The number of benzene rings is 2. The van der Waals surface area contributed by atoms with Crippen LogP contribution in [0.1, 0.15) is 19.4 Å². The van der Waals surface area contributed by atoms with Gasteiger partial charge < -0.3 is 15.5 Å². The lowest BCUT2D eigenvalue weighted by atomic mass is 10.1. The molecular formula is C19H23F2N3O. The maximum atomic E-state index is 14.2. The molecular weight excluding hydrogens is 324 g/mol. The molecule has 0 atom stereocenters. The van der Waals surface area contributed by atoms with Crippen molar-refractivity contribution in [3.8, 4) is 0 Å². The lowest BCUT2D eigenvalue weighted by Gasteiger charge is -2.24. The standard InChI is InChI=1S/C19H23F2N3O/c1-13(2)24(3)18-9-8-16(12-17(18)21)23-19(25)22-11-10-14-4-6-15(20)7-5-14/h4-9,12-13H,10-11H2,1-3H3,(H2,22,23,25). The predicted molar refractivity (Wildman–Crippen MR) is 97.1 cm³/mol. The number of nitrogens with one attached hydrogen (secondary N) is 2. The van der Waals surface area contributed by atoms with Crippen molar-refractivity contribution < 1.29 is 13.6 Å². The Bertz CT molecular complexity index is 717. The van der Waals surface area contributed by atoms with E-state index in [1.807, 2.05) is 25.8 Å². The van der Waals surface area contributed by atoms with Gasteiger partial charge in [0, 0.05) is 25.3 Å². The van der Waals surface area contributed by atoms with Gasteiger partial charge in [-0.05, 0) is 56.2 Å². The van der Waals surface area contributed by atoms with Crippen LogP contribution in [0.15, 0.2) is 42.5 Å².